The number of unbranched alkanes of at least 4 members (excludes halogenated alkanes) is 1. The molecule has 1 aromatic carbocycles. The van der Waals surface area contributed by atoms with Gasteiger partial charge in [0.25, 0.3) is 0 Å². The van der Waals surface area contributed by atoms with E-state index in [4.69, 9.17) is 9.52 Å². The number of oxazole rings is 1. The number of anilines is 1. The average Bonchev–Trinajstić information content (AvgIpc) is 2.92. The highest BCUT2D eigenvalue weighted by Crippen LogP contribution is 2.26. The lowest BCUT2D eigenvalue weighted by Gasteiger charge is -2.04. The van der Waals surface area contributed by atoms with Crippen molar-refractivity contribution in [1.29, 1.82) is 0 Å². The van der Waals surface area contributed by atoms with Gasteiger partial charge in [-0.2, -0.15) is 0 Å². The summed E-state index contributed by atoms with van der Waals surface area (Å²) in [5.41, 5.74) is 2.79. The number of carboxylic acid groups (broad SMARTS) is 1. The van der Waals surface area contributed by atoms with Gasteiger partial charge in [-0.25, -0.2) is 4.98 Å². The fraction of sp³-hybridized carbons (Fsp3) is 0.333. The van der Waals surface area contributed by atoms with Crippen LogP contribution in [0.2, 0.25) is 0 Å². The zero-order valence-electron chi connectivity index (χ0n) is 11.4. The Balaban J connectivity index is 2.00. The van der Waals surface area contributed by atoms with Crippen LogP contribution in [0.15, 0.2) is 34.9 Å². The molecule has 106 valence electrons. The second-order valence-corrected chi connectivity index (χ2v) is 4.52. The molecule has 0 radical (unpaired) electrons. The molecule has 2 rings (SSSR count). The van der Waals surface area contributed by atoms with Crippen LogP contribution >= 0.6 is 0 Å². The van der Waals surface area contributed by atoms with Gasteiger partial charge in [-0.1, -0.05) is 18.2 Å². The lowest BCUT2D eigenvalue weighted by molar-refractivity contribution is -0.137. The molecule has 5 nitrogen and oxygen atoms in total. The maximum absolute atomic E-state index is 10.4. The first-order valence-corrected chi connectivity index (χ1v) is 6.64. The number of aromatic nitrogens is 1. The van der Waals surface area contributed by atoms with Crippen molar-refractivity contribution in [2.45, 2.75) is 25.7 Å². The smallest absolute Gasteiger partial charge is 0.303 e. The Hall–Kier alpha value is -2.30. The minimum Gasteiger partial charge on any atom is -0.481 e. The molecule has 2 aromatic rings. The molecule has 1 aromatic heterocycles. The van der Waals surface area contributed by atoms with Crippen molar-refractivity contribution in [2.75, 3.05) is 12.4 Å². The molecule has 0 aliphatic heterocycles. The third kappa shape index (κ3) is 3.60. The van der Waals surface area contributed by atoms with E-state index in [9.17, 15) is 4.79 Å². The van der Waals surface area contributed by atoms with Crippen LogP contribution in [-0.4, -0.2) is 23.1 Å². The second-order valence-electron chi connectivity index (χ2n) is 4.52. The molecule has 0 bridgehead atoms. The Morgan fingerprint density at radius 3 is 2.90 bits per heavy atom. The number of para-hydroxylation sites is 1. The van der Waals surface area contributed by atoms with Crippen molar-refractivity contribution in [3.63, 3.8) is 0 Å². The number of hydrogen-bond donors (Lipinski definition) is 2. The van der Waals surface area contributed by atoms with E-state index in [2.05, 4.69) is 10.3 Å². The van der Waals surface area contributed by atoms with Crippen LogP contribution in [0.1, 0.15) is 25.2 Å². The van der Waals surface area contributed by atoms with Crippen molar-refractivity contribution in [3.8, 4) is 11.3 Å². The van der Waals surface area contributed by atoms with Crippen LogP contribution in [0.4, 0.5) is 5.69 Å². The van der Waals surface area contributed by atoms with E-state index < -0.39 is 5.97 Å². The molecule has 2 N–H and O–H groups in total. The highest BCUT2D eigenvalue weighted by atomic mass is 16.4. The van der Waals surface area contributed by atoms with Gasteiger partial charge in [0.2, 0.25) is 0 Å². The molecular weight excluding hydrogens is 256 g/mol. The lowest BCUT2D eigenvalue weighted by Crippen LogP contribution is -1.95. The number of carbonyl (C=O) groups is 1. The number of carboxylic acids is 1. The van der Waals surface area contributed by atoms with Gasteiger partial charge in [0.15, 0.2) is 5.89 Å². The van der Waals surface area contributed by atoms with Crippen LogP contribution in [0.5, 0.6) is 0 Å². The zero-order chi connectivity index (χ0) is 14.4. The summed E-state index contributed by atoms with van der Waals surface area (Å²) in [6.07, 6.45) is 3.90. The van der Waals surface area contributed by atoms with Gasteiger partial charge < -0.3 is 14.8 Å². The first-order valence-electron chi connectivity index (χ1n) is 6.64. The number of aryl methyl sites for hydroxylation is 1. The first-order chi connectivity index (χ1) is 9.70. The maximum atomic E-state index is 10.4. The molecule has 0 saturated carbocycles. The van der Waals surface area contributed by atoms with Crippen LogP contribution in [-0.2, 0) is 11.2 Å². The molecule has 1 heterocycles. The summed E-state index contributed by atoms with van der Waals surface area (Å²) >= 11 is 0. The van der Waals surface area contributed by atoms with Gasteiger partial charge >= 0.3 is 5.97 Å². The number of hydrogen-bond acceptors (Lipinski definition) is 4. The SMILES string of the molecule is CNc1ccccc1-c1coc(CCCCC(=O)O)n1. The molecular formula is C15H18N2O3. The Morgan fingerprint density at radius 2 is 2.15 bits per heavy atom. The number of rotatable bonds is 7. The largest absolute Gasteiger partial charge is 0.481 e. The van der Waals surface area contributed by atoms with E-state index in [0.717, 1.165) is 23.4 Å². The molecule has 0 aliphatic rings. The standard InChI is InChI=1S/C15H18N2O3/c1-16-12-7-3-2-6-11(12)13-10-20-14(17-13)8-4-5-9-15(18)19/h2-3,6-7,10,16H,4-5,8-9H2,1H3,(H,18,19). The fourth-order valence-electron chi connectivity index (χ4n) is 2.03. The van der Waals surface area contributed by atoms with E-state index in [1.54, 1.807) is 6.26 Å². The molecule has 20 heavy (non-hydrogen) atoms. The molecule has 0 spiro atoms. The fourth-order valence-corrected chi connectivity index (χ4v) is 2.03. The highest BCUT2D eigenvalue weighted by Gasteiger charge is 2.09. The summed E-state index contributed by atoms with van der Waals surface area (Å²) in [4.78, 5) is 14.9. The minimum atomic E-state index is -0.763. The summed E-state index contributed by atoms with van der Waals surface area (Å²) in [5, 5.41) is 11.7. The van der Waals surface area contributed by atoms with Gasteiger partial charge in [0.1, 0.15) is 12.0 Å². The Morgan fingerprint density at radius 1 is 1.35 bits per heavy atom. The number of nitrogens with one attached hydrogen (secondary N) is 1. The summed E-state index contributed by atoms with van der Waals surface area (Å²) in [6, 6.07) is 7.88. The van der Waals surface area contributed by atoms with Crippen LogP contribution < -0.4 is 5.32 Å². The normalized spacial score (nSPS) is 10.4. The molecule has 5 heteroatoms. The highest BCUT2D eigenvalue weighted by molar-refractivity contribution is 5.74. The molecule has 0 amide bonds. The summed E-state index contributed by atoms with van der Waals surface area (Å²) in [6.45, 7) is 0. The molecule has 0 atom stereocenters. The lowest BCUT2D eigenvalue weighted by atomic mass is 10.1. The third-order valence-electron chi connectivity index (χ3n) is 3.06. The Kier molecular flexibility index (Phi) is 4.76. The maximum Gasteiger partial charge on any atom is 0.303 e. The Labute approximate surface area is 117 Å². The van der Waals surface area contributed by atoms with Gasteiger partial charge in [-0.15, -0.1) is 0 Å². The van der Waals surface area contributed by atoms with Crippen LogP contribution in [0, 0.1) is 0 Å². The Bertz CT molecular complexity index is 578. The van der Waals surface area contributed by atoms with Crippen molar-refractivity contribution in [1.82, 2.24) is 4.98 Å². The number of aliphatic carboxylic acids is 1. The zero-order valence-corrected chi connectivity index (χ0v) is 11.4. The number of nitrogens with zero attached hydrogens (tertiary/aromatic N) is 1. The second kappa shape index (κ2) is 6.75. The predicted octanol–water partition coefficient (Wildman–Crippen LogP) is 3.18. The summed E-state index contributed by atoms with van der Waals surface area (Å²) in [7, 11) is 1.87. The first kappa shape index (κ1) is 14.1. The monoisotopic (exact) mass is 274 g/mol. The molecule has 0 unspecified atom stereocenters. The van der Waals surface area contributed by atoms with Crippen molar-refractivity contribution < 1.29 is 14.3 Å². The van der Waals surface area contributed by atoms with Crippen molar-refractivity contribution in [3.05, 3.63) is 36.4 Å². The number of benzene rings is 1. The average molecular weight is 274 g/mol. The quantitative estimate of drug-likeness (QED) is 0.758. The van der Waals surface area contributed by atoms with Gasteiger partial charge in [0.05, 0.1) is 0 Å². The molecule has 0 saturated heterocycles. The summed E-state index contributed by atoms with van der Waals surface area (Å²) in [5.74, 6) is -0.114. The van der Waals surface area contributed by atoms with Crippen LogP contribution in [0.25, 0.3) is 11.3 Å². The minimum absolute atomic E-state index is 0.191. The van der Waals surface area contributed by atoms with Crippen LogP contribution in [0.3, 0.4) is 0 Å². The molecule has 0 aliphatic carbocycles. The van der Waals surface area contributed by atoms with E-state index in [1.165, 1.54) is 0 Å². The van der Waals surface area contributed by atoms with Gasteiger partial charge in [-0.3, -0.25) is 4.79 Å². The predicted molar refractivity (Wildman–Crippen MR) is 76.7 cm³/mol. The van der Waals surface area contributed by atoms with E-state index in [1.807, 2.05) is 31.3 Å². The van der Waals surface area contributed by atoms with E-state index in [0.29, 0.717) is 18.7 Å². The van der Waals surface area contributed by atoms with Gasteiger partial charge in [-0.05, 0) is 18.9 Å². The van der Waals surface area contributed by atoms with Crippen molar-refractivity contribution in [2.24, 2.45) is 0 Å². The molecule has 0 fully saturated rings. The topological polar surface area (TPSA) is 75.4 Å². The van der Waals surface area contributed by atoms with E-state index >= 15 is 0 Å². The van der Waals surface area contributed by atoms with Gasteiger partial charge in [0, 0.05) is 31.1 Å². The summed E-state index contributed by atoms with van der Waals surface area (Å²) < 4.78 is 5.44. The third-order valence-corrected chi connectivity index (χ3v) is 3.06. The van der Waals surface area contributed by atoms with Crippen molar-refractivity contribution >= 4 is 11.7 Å². The van der Waals surface area contributed by atoms with E-state index in [-0.39, 0.29) is 6.42 Å².